The lowest BCUT2D eigenvalue weighted by Crippen LogP contribution is -2.24. The molecule has 0 aliphatic heterocycles. The second-order valence-corrected chi connectivity index (χ2v) is 4.90. The van der Waals surface area contributed by atoms with Gasteiger partial charge in [-0.2, -0.15) is 0 Å². The lowest BCUT2D eigenvalue weighted by Gasteiger charge is -2.11. The lowest BCUT2D eigenvalue weighted by atomic mass is 9.93. The van der Waals surface area contributed by atoms with Gasteiger partial charge in [0.1, 0.15) is 0 Å². The van der Waals surface area contributed by atoms with Gasteiger partial charge >= 0.3 is 0 Å². The van der Waals surface area contributed by atoms with Crippen LogP contribution in [0.1, 0.15) is 25.0 Å². The quantitative estimate of drug-likeness (QED) is 0.573. The van der Waals surface area contributed by atoms with Gasteiger partial charge in [0.05, 0.1) is 0 Å². The summed E-state index contributed by atoms with van der Waals surface area (Å²) in [6.45, 7) is 20.3. The second-order valence-electron chi connectivity index (χ2n) is 4.90. The van der Waals surface area contributed by atoms with Crippen LogP contribution >= 0.6 is 0 Å². The first-order valence-electron chi connectivity index (χ1n) is 7.59. The zero-order valence-electron chi connectivity index (χ0n) is 13.4. The Hall–Kier alpha value is -2.60. The van der Waals surface area contributed by atoms with Crippen LogP contribution in [0.25, 0.3) is 46.9 Å². The van der Waals surface area contributed by atoms with Crippen molar-refractivity contribution in [2.24, 2.45) is 0 Å². The van der Waals surface area contributed by atoms with E-state index in [1.807, 2.05) is 26.0 Å². The number of benzene rings is 3. The van der Waals surface area contributed by atoms with Gasteiger partial charge in [0.2, 0.25) is 0 Å². The van der Waals surface area contributed by atoms with Crippen molar-refractivity contribution in [3.8, 4) is 0 Å². The zero-order chi connectivity index (χ0) is 16.3. The largest absolute Gasteiger partial charge is 0.0984 e. The number of fused-ring (bicyclic) bond motifs is 3. The van der Waals surface area contributed by atoms with Crippen molar-refractivity contribution in [3.63, 3.8) is 0 Å². The van der Waals surface area contributed by atoms with Crippen LogP contribution < -0.4 is 10.4 Å². The Morgan fingerprint density at radius 3 is 1.36 bits per heavy atom. The molecule has 0 amide bonds. The van der Waals surface area contributed by atoms with E-state index in [1.165, 1.54) is 10.8 Å². The minimum Gasteiger partial charge on any atom is -0.0984 e. The normalized spacial score (nSPS) is 10.1. The van der Waals surface area contributed by atoms with Crippen LogP contribution in [0.4, 0.5) is 0 Å². The molecule has 0 heterocycles. The molecule has 3 aromatic carbocycles. The van der Waals surface area contributed by atoms with Crippen molar-refractivity contribution < 1.29 is 0 Å². The van der Waals surface area contributed by atoms with Crippen molar-refractivity contribution in [2.45, 2.75) is 13.8 Å². The van der Waals surface area contributed by atoms with E-state index in [9.17, 15) is 0 Å². The first kappa shape index (κ1) is 15.8. The van der Waals surface area contributed by atoms with E-state index in [0.717, 1.165) is 32.3 Å². The van der Waals surface area contributed by atoms with Crippen molar-refractivity contribution >= 4 is 46.9 Å². The van der Waals surface area contributed by atoms with E-state index < -0.39 is 0 Å². The topological polar surface area (TPSA) is 0 Å². The highest BCUT2D eigenvalue weighted by Gasteiger charge is 2.08. The molecular weight excluding hydrogens is 264 g/mol. The maximum Gasteiger partial charge on any atom is -0.00328 e. The molecule has 0 aliphatic carbocycles. The molecular formula is C22H22. The van der Waals surface area contributed by atoms with E-state index in [4.69, 9.17) is 0 Å². The number of rotatable bonds is 2. The molecule has 3 aromatic rings. The molecule has 0 heteroatoms. The molecule has 22 heavy (non-hydrogen) atoms. The van der Waals surface area contributed by atoms with Crippen LogP contribution in [0, 0.1) is 0 Å². The van der Waals surface area contributed by atoms with Gasteiger partial charge < -0.3 is 0 Å². The summed E-state index contributed by atoms with van der Waals surface area (Å²) in [5.41, 5.74) is 2.20. The summed E-state index contributed by atoms with van der Waals surface area (Å²) in [6.07, 6.45) is 3.75. The van der Waals surface area contributed by atoms with Gasteiger partial charge in [-0.25, -0.2) is 0 Å². The van der Waals surface area contributed by atoms with Gasteiger partial charge in [-0.3, -0.25) is 0 Å². The average molecular weight is 286 g/mol. The highest BCUT2D eigenvalue weighted by molar-refractivity contribution is 6.12. The molecule has 0 saturated heterocycles. The first-order chi connectivity index (χ1) is 10.7. The molecule has 0 spiro atoms. The summed E-state index contributed by atoms with van der Waals surface area (Å²) in [7, 11) is 0. The second kappa shape index (κ2) is 6.44. The molecule has 0 aliphatic rings. The Morgan fingerprint density at radius 1 is 0.682 bits per heavy atom. The predicted octanol–water partition coefficient (Wildman–Crippen LogP) is 5.13. The Kier molecular flexibility index (Phi) is 4.62. The van der Waals surface area contributed by atoms with E-state index in [1.54, 1.807) is 0 Å². The number of hydrogen-bond acceptors (Lipinski definition) is 0. The van der Waals surface area contributed by atoms with Crippen molar-refractivity contribution in [3.05, 3.63) is 71.1 Å². The first-order valence-corrected chi connectivity index (χ1v) is 7.59. The maximum atomic E-state index is 4.24. The van der Waals surface area contributed by atoms with E-state index in [2.05, 4.69) is 62.7 Å². The van der Waals surface area contributed by atoms with Crippen molar-refractivity contribution in [2.75, 3.05) is 0 Å². The summed E-state index contributed by atoms with van der Waals surface area (Å²) < 4.78 is 0. The Labute approximate surface area is 132 Å². The molecule has 0 saturated carbocycles. The molecule has 0 radical (unpaired) electrons. The summed E-state index contributed by atoms with van der Waals surface area (Å²) in [4.78, 5) is 0. The fraction of sp³-hybridized carbons (Fsp3) is 0.0909. The smallest absolute Gasteiger partial charge is 0.00328 e. The predicted molar refractivity (Wildman–Crippen MR) is 103 cm³/mol. The summed E-state index contributed by atoms with van der Waals surface area (Å²) in [5.74, 6) is 0. The van der Waals surface area contributed by atoms with Crippen LogP contribution in [0.3, 0.4) is 0 Å². The third-order valence-corrected chi connectivity index (χ3v) is 3.89. The average Bonchev–Trinajstić information content (AvgIpc) is 2.59. The lowest BCUT2D eigenvalue weighted by molar-refractivity contribution is 1.50. The maximum absolute atomic E-state index is 4.24. The summed E-state index contributed by atoms with van der Waals surface area (Å²) in [5, 5.41) is 6.61. The van der Waals surface area contributed by atoms with Gasteiger partial charge in [-0.05, 0) is 43.1 Å². The molecule has 0 nitrogen and oxygen atoms in total. The minimum atomic E-state index is 0.970. The van der Waals surface area contributed by atoms with Gasteiger partial charge in [-0.15, -0.1) is 0 Å². The van der Waals surface area contributed by atoms with Crippen LogP contribution in [0.5, 0.6) is 0 Å². The zero-order valence-corrected chi connectivity index (χ0v) is 13.4. The Balaban J connectivity index is 0.000000847. The van der Waals surface area contributed by atoms with E-state index in [-0.39, 0.29) is 0 Å². The molecule has 110 valence electrons. The molecule has 3 rings (SSSR count). The van der Waals surface area contributed by atoms with Crippen molar-refractivity contribution in [1.29, 1.82) is 0 Å². The molecule has 0 atom stereocenters. The highest BCUT2D eigenvalue weighted by Crippen LogP contribution is 2.25. The van der Waals surface area contributed by atoms with Crippen LogP contribution in [0.15, 0.2) is 49.6 Å². The van der Waals surface area contributed by atoms with E-state index in [0.29, 0.717) is 0 Å². The van der Waals surface area contributed by atoms with Crippen LogP contribution in [-0.4, -0.2) is 0 Å². The molecule has 0 unspecified atom stereocenters. The SMILES string of the molecule is C=Cc1cccc2c1c(=C)c(=C)c1c(C=C)cccc12.CC. The summed E-state index contributed by atoms with van der Waals surface area (Å²) in [6, 6.07) is 12.5. The highest BCUT2D eigenvalue weighted by atomic mass is 14.1. The van der Waals surface area contributed by atoms with E-state index >= 15 is 0 Å². The van der Waals surface area contributed by atoms with Crippen LogP contribution in [-0.2, 0) is 0 Å². The summed E-state index contributed by atoms with van der Waals surface area (Å²) >= 11 is 0. The Bertz CT molecular complexity index is 878. The minimum absolute atomic E-state index is 0.970. The standard InChI is InChI=1S/C20H16.C2H6/c1-5-15-9-7-11-17-18-12-8-10-16(6-2)20(18)14(4)13(3)19(15)17;1-2/h5-12H,1-4H2;1-2H3. The van der Waals surface area contributed by atoms with Crippen molar-refractivity contribution in [1.82, 2.24) is 0 Å². The fourth-order valence-electron chi connectivity index (χ4n) is 2.90. The fourth-order valence-corrected chi connectivity index (χ4v) is 2.90. The van der Waals surface area contributed by atoms with Gasteiger partial charge in [-0.1, -0.05) is 88.7 Å². The molecule has 0 bridgehead atoms. The number of hydrogen-bond donors (Lipinski definition) is 0. The van der Waals surface area contributed by atoms with Gasteiger partial charge in [0.15, 0.2) is 0 Å². The third kappa shape index (κ3) is 2.27. The third-order valence-electron chi connectivity index (χ3n) is 3.89. The van der Waals surface area contributed by atoms with Gasteiger partial charge in [0.25, 0.3) is 0 Å². The molecule has 0 N–H and O–H groups in total. The van der Waals surface area contributed by atoms with Crippen LogP contribution in [0.2, 0.25) is 0 Å². The molecule has 0 aromatic heterocycles. The Morgan fingerprint density at radius 2 is 1.05 bits per heavy atom. The molecule has 0 fully saturated rings. The monoisotopic (exact) mass is 286 g/mol. The van der Waals surface area contributed by atoms with Gasteiger partial charge in [0, 0.05) is 0 Å².